The minimum Gasteiger partial charge on any atom is -0.449 e. The summed E-state index contributed by atoms with van der Waals surface area (Å²) in [6, 6.07) is 16.1. The Balaban J connectivity index is 2.05. The first-order chi connectivity index (χ1) is 12.6. The smallest absolute Gasteiger partial charge is 0.449 e. The summed E-state index contributed by atoms with van der Waals surface area (Å²) < 4.78 is 10.5. The molecule has 0 unspecified atom stereocenters. The third-order valence-electron chi connectivity index (χ3n) is 3.48. The van der Waals surface area contributed by atoms with E-state index < -0.39 is 6.16 Å². The molecule has 0 amide bonds. The third-order valence-corrected chi connectivity index (χ3v) is 3.48. The van der Waals surface area contributed by atoms with Crippen LogP contribution in [0.25, 0.3) is 11.4 Å². The maximum absolute atomic E-state index is 10.9. The van der Waals surface area contributed by atoms with Crippen molar-refractivity contribution in [3.8, 4) is 34.8 Å². The molecule has 7 nitrogen and oxygen atoms in total. The largest absolute Gasteiger partial charge is 0.511 e. The first-order valence-electron chi connectivity index (χ1n) is 7.58. The number of nitriles is 1. The van der Waals surface area contributed by atoms with Crippen molar-refractivity contribution in [2.45, 2.75) is 6.92 Å². The minimum absolute atomic E-state index is 0.0561. The lowest BCUT2D eigenvalue weighted by atomic mass is 10.1. The lowest BCUT2D eigenvalue weighted by Gasteiger charge is -2.12. The van der Waals surface area contributed by atoms with Gasteiger partial charge >= 0.3 is 6.16 Å². The molecule has 0 aliphatic carbocycles. The van der Waals surface area contributed by atoms with Crippen molar-refractivity contribution in [1.82, 2.24) is 9.97 Å². The molecule has 7 heteroatoms. The number of aromatic nitrogens is 2. The van der Waals surface area contributed by atoms with Crippen molar-refractivity contribution >= 4 is 6.16 Å². The summed E-state index contributed by atoms with van der Waals surface area (Å²) in [6.07, 6.45) is -0.268. The van der Waals surface area contributed by atoms with E-state index in [1.165, 1.54) is 6.20 Å². The van der Waals surface area contributed by atoms with Crippen LogP contribution >= 0.6 is 0 Å². The number of carboxylic acid groups (broad SMARTS) is 1. The number of hydrogen-bond donors (Lipinski definition) is 1. The van der Waals surface area contributed by atoms with Gasteiger partial charge in [0.25, 0.3) is 5.88 Å². The predicted molar refractivity (Wildman–Crippen MR) is 92.1 cm³/mol. The molecular formula is C19H13N3O4. The molecule has 128 valence electrons. The van der Waals surface area contributed by atoms with E-state index in [1.807, 2.05) is 36.4 Å². The number of nitrogens with zero attached hydrogens (tertiary/aromatic N) is 3. The molecule has 2 aromatic carbocycles. The van der Waals surface area contributed by atoms with Crippen LogP contribution in [0.15, 0.2) is 54.7 Å². The first-order valence-corrected chi connectivity index (χ1v) is 7.58. The molecule has 0 fully saturated rings. The van der Waals surface area contributed by atoms with Gasteiger partial charge in [-0.3, -0.25) is 0 Å². The van der Waals surface area contributed by atoms with E-state index in [4.69, 9.17) is 19.8 Å². The van der Waals surface area contributed by atoms with E-state index in [-0.39, 0.29) is 11.6 Å². The Morgan fingerprint density at radius 3 is 2.62 bits per heavy atom. The van der Waals surface area contributed by atoms with Crippen molar-refractivity contribution in [1.29, 1.82) is 5.26 Å². The fraction of sp³-hybridized carbons (Fsp3) is 0.0526. The number of aryl methyl sites for hydroxylation is 1. The maximum Gasteiger partial charge on any atom is 0.511 e. The molecule has 0 aliphatic heterocycles. The van der Waals surface area contributed by atoms with Crippen molar-refractivity contribution < 1.29 is 19.4 Å². The Kier molecular flexibility index (Phi) is 4.76. The molecule has 26 heavy (non-hydrogen) atoms. The van der Waals surface area contributed by atoms with E-state index in [1.54, 1.807) is 25.1 Å². The molecule has 1 N–H and O–H groups in total. The highest BCUT2D eigenvalue weighted by Crippen LogP contribution is 2.33. The zero-order valence-corrected chi connectivity index (χ0v) is 13.7. The van der Waals surface area contributed by atoms with Gasteiger partial charge in [0.2, 0.25) is 5.75 Å². The highest BCUT2D eigenvalue weighted by Gasteiger charge is 2.16. The summed E-state index contributed by atoms with van der Waals surface area (Å²) >= 11 is 0. The molecule has 3 aromatic rings. The molecule has 0 saturated carbocycles. The summed E-state index contributed by atoms with van der Waals surface area (Å²) in [5.41, 5.74) is 1.90. The number of ether oxygens (including phenoxy) is 2. The fourth-order valence-corrected chi connectivity index (χ4v) is 2.20. The van der Waals surface area contributed by atoms with E-state index >= 15 is 0 Å². The Morgan fingerprint density at radius 2 is 1.92 bits per heavy atom. The van der Waals surface area contributed by atoms with Gasteiger partial charge in [-0.15, -0.1) is 0 Å². The van der Waals surface area contributed by atoms with Crippen LogP contribution in [0, 0.1) is 18.3 Å². The van der Waals surface area contributed by atoms with Gasteiger partial charge in [0, 0.05) is 5.56 Å². The van der Waals surface area contributed by atoms with Crippen molar-refractivity contribution in [2.24, 2.45) is 0 Å². The molecular weight excluding hydrogens is 334 g/mol. The maximum atomic E-state index is 10.9. The van der Waals surface area contributed by atoms with Gasteiger partial charge < -0.3 is 14.6 Å². The summed E-state index contributed by atoms with van der Waals surface area (Å²) in [7, 11) is 0. The molecule has 1 aromatic heterocycles. The van der Waals surface area contributed by atoms with E-state index in [0.29, 0.717) is 17.1 Å². The lowest BCUT2D eigenvalue weighted by molar-refractivity contribution is 0.142. The summed E-state index contributed by atoms with van der Waals surface area (Å²) in [5, 5.41) is 18.0. The first kappa shape index (κ1) is 16.9. The van der Waals surface area contributed by atoms with E-state index in [2.05, 4.69) is 9.97 Å². The summed E-state index contributed by atoms with van der Waals surface area (Å²) in [5.74, 6) is 0.530. The Labute approximate surface area is 149 Å². The summed E-state index contributed by atoms with van der Waals surface area (Å²) in [4.78, 5) is 19.3. The van der Waals surface area contributed by atoms with Crippen LogP contribution < -0.4 is 9.47 Å². The minimum atomic E-state index is -1.51. The molecule has 1 heterocycles. The zero-order chi connectivity index (χ0) is 18.5. The average Bonchev–Trinajstić information content (AvgIpc) is 2.65. The number of benzene rings is 2. The topological polar surface area (TPSA) is 105 Å². The SMILES string of the molecule is Cc1ccc(C#N)cc1Oc1nc(-c2ccccc2)ncc1OC(=O)O. The third kappa shape index (κ3) is 3.76. The second-order valence-electron chi connectivity index (χ2n) is 5.29. The van der Waals surface area contributed by atoms with Gasteiger partial charge in [-0.2, -0.15) is 10.2 Å². The van der Waals surface area contributed by atoms with Crippen LogP contribution in [-0.2, 0) is 0 Å². The quantitative estimate of drug-likeness (QED) is 0.706. The van der Waals surface area contributed by atoms with Crippen molar-refractivity contribution in [2.75, 3.05) is 0 Å². The van der Waals surface area contributed by atoms with Crippen LogP contribution in [0.3, 0.4) is 0 Å². The Morgan fingerprint density at radius 1 is 1.15 bits per heavy atom. The second-order valence-corrected chi connectivity index (χ2v) is 5.29. The number of carbonyl (C=O) groups is 1. The molecule has 0 saturated heterocycles. The van der Waals surface area contributed by atoms with Gasteiger partial charge in [-0.05, 0) is 24.6 Å². The molecule has 0 spiro atoms. The normalized spacial score (nSPS) is 10.0. The summed E-state index contributed by atoms with van der Waals surface area (Å²) in [6.45, 7) is 1.80. The van der Waals surface area contributed by atoms with Gasteiger partial charge in [0.15, 0.2) is 5.82 Å². The van der Waals surface area contributed by atoms with Crippen LogP contribution in [0.5, 0.6) is 17.4 Å². The van der Waals surface area contributed by atoms with E-state index in [0.717, 1.165) is 11.1 Å². The lowest BCUT2D eigenvalue weighted by Crippen LogP contribution is -2.06. The molecule has 0 atom stereocenters. The highest BCUT2D eigenvalue weighted by atomic mass is 16.7. The fourth-order valence-electron chi connectivity index (χ4n) is 2.20. The number of hydrogen-bond acceptors (Lipinski definition) is 6. The van der Waals surface area contributed by atoms with E-state index in [9.17, 15) is 4.79 Å². The van der Waals surface area contributed by atoms with Crippen molar-refractivity contribution in [3.63, 3.8) is 0 Å². The zero-order valence-electron chi connectivity index (χ0n) is 13.7. The molecule has 0 bridgehead atoms. The second kappa shape index (κ2) is 7.32. The van der Waals surface area contributed by atoms with Crippen molar-refractivity contribution in [3.05, 3.63) is 65.9 Å². The van der Waals surface area contributed by atoms with Gasteiger partial charge in [0.05, 0.1) is 17.8 Å². The van der Waals surface area contributed by atoms with Gasteiger partial charge in [0.1, 0.15) is 5.75 Å². The number of rotatable bonds is 4. The monoisotopic (exact) mass is 347 g/mol. The van der Waals surface area contributed by atoms with Crippen LogP contribution in [0.2, 0.25) is 0 Å². The molecule has 3 rings (SSSR count). The van der Waals surface area contributed by atoms with Crippen LogP contribution in [0.1, 0.15) is 11.1 Å². The Bertz CT molecular complexity index is 997. The van der Waals surface area contributed by atoms with Gasteiger partial charge in [-0.1, -0.05) is 36.4 Å². The van der Waals surface area contributed by atoms with Crippen LogP contribution in [0.4, 0.5) is 4.79 Å². The standard InChI is InChI=1S/C19H13N3O4/c1-12-7-8-13(10-20)9-15(12)25-18-16(26-19(23)24)11-21-17(22-18)14-5-3-2-4-6-14/h2-9,11H,1H3,(H,23,24). The predicted octanol–water partition coefficient (Wildman–Crippen LogP) is 4.17. The molecule has 0 radical (unpaired) electrons. The Hall–Kier alpha value is -3.92. The van der Waals surface area contributed by atoms with Crippen LogP contribution in [-0.4, -0.2) is 21.2 Å². The highest BCUT2D eigenvalue weighted by molar-refractivity contribution is 5.63. The molecule has 0 aliphatic rings. The average molecular weight is 347 g/mol. The van der Waals surface area contributed by atoms with Gasteiger partial charge in [-0.25, -0.2) is 9.78 Å².